The summed E-state index contributed by atoms with van der Waals surface area (Å²) in [5.41, 5.74) is 8.28. The Morgan fingerprint density at radius 2 is 2.39 bits per heavy atom. The van der Waals surface area contributed by atoms with Gasteiger partial charge in [0.05, 0.1) is 17.7 Å². The molecule has 0 bridgehead atoms. The summed E-state index contributed by atoms with van der Waals surface area (Å²) >= 11 is 0. The molecule has 1 amide bonds. The SMILES string of the molecule is Cc1nn(C)c(C(=O)NCCc2cnc[nH]2)c1N. The molecule has 4 N–H and O–H groups in total. The van der Waals surface area contributed by atoms with Crippen LogP contribution in [0.1, 0.15) is 21.9 Å². The molecule has 0 spiro atoms. The lowest BCUT2D eigenvalue weighted by Gasteiger charge is -2.05. The zero-order valence-corrected chi connectivity index (χ0v) is 10.4. The fourth-order valence-corrected chi connectivity index (χ4v) is 1.76. The summed E-state index contributed by atoms with van der Waals surface area (Å²) in [5, 5.41) is 6.91. The van der Waals surface area contributed by atoms with Crippen LogP contribution in [-0.2, 0) is 13.5 Å². The van der Waals surface area contributed by atoms with Gasteiger partial charge in [0, 0.05) is 31.9 Å². The number of anilines is 1. The zero-order chi connectivity index (χ0) is 13.1. The third kappa shape index (κ3) is 2.34. The van der Waals surface area contributed by atoms with Gasteiger partial charge in [0.2, 0.25) is 0 Å². The van der Waals surface area contributed by atoms with Gasteiger partial charge in [0.15, 0.2) is 0 Å². The van der Waals surface area contributed by atoms with Crippen LogP contribution in [0.25, 0.3) is 0 Å². The monoisotopic (exact) mass is 248 g/mol. The topological polar surface area (TPSA) is 102 Å². The second kappa shape index (κ2) is 4.91. The minimum Gasteiger partial charge on any atom is -0.395 e. The summed E-state index contributed by atoms with van der Waals surface area (Å²) in [7, 11) is 1.70. The van der Waals surface area contributed by atoms with Gasteiger partial charge in [-0.1, -0.05) is 0 Å². The number of nitrogen functional groups attached to an aromatic ring is 1. The van der Waals surface area contributed by atoms with E-state index in [1.807, 2.05) is 0 Å². The molecule has 0 unspecified atom stereocenters. The second-order valence-electron chi connectivity index (χ2n) is 4.05. The highest BCUT2D eigenvalue weighted by Gasteiger charge is 2.17. The van der Waals surface area contributed by atoms with Crippen molar-refractivity contribution >= 4 is 11.6 Å². The van der Waals surface area contributed by atoms with E-state index >= 15 is 0 Å². The number of nitrogens with one attached hydrogen (secondary N) is 2. The highest BCUT2D eigenvalue weighted by Crippen LogP contribution is 2.14. The molecule has 0 saturated heterocycles. The van der Waals surface area contributed by atoms with Crippen molar-refractivity contribution in [3.8, 4) is 0 Å². The Bertz CT molecular complexity index is 542. The van der Waals surface area contributed by atoms with Crippen molar-refractivity contribution < 1.29 is 4.79 Å². The number of aromatic amines is 1. The van der Waals surface area contributed by atoms with Gasteiger partial charge in [-0.25, -0.2) is 4.98 Å². The Balaban J connectivity index is 1.95. The molecule has 2 rings (SSSR count). The van der Waals surface area contributed by atoms with Crippen LogP contribution in [0.4, 0.5) is 5.69 Å². The van der Waals surface area contributed by atoms with Crippen molar-refractivity contribution in [2.24, 2.45) is 7.05 Å². The predicted molar refractivity (Wildman–Crippen MR) is 67.0 cm³/mol. The lowest BCUT2D eigenvalue weighted by molar-refractivity contribution is 0.0945. The van der Waals surface area contributed by atoms with E-state index < -0.39 is 0 Å². The Hall–Kier alpha value is -2.31. The Kier molecular flexibility index (Phi) is 3.31. The lowest BCUT2D eigenvalue weighted by atomic mass is 10.2. The van der Waals surface area contributed by atoms with Crippen molar-refractivity contribution in [3.63, 3.8) is 0 Å². The molecule has 0 aliphatic heterocycles. The minimum absolute atomic E-state index is 0.213. The maximum atomic E-state index is 12.0. The van der Waals surface area contributed by atoms with Crippen LogP contribution < -0.4 is 11.1 Å². The summed E-state index contributed by atoms with van der Waals surface area (Å²) in [6.45, 7) is 2.29. The Morgan fingerprint density at radius 3 is 2.94 bits per heavy atom. The first-order valence-electron chi connectivity index (χ1n) is 5.64. The van der Waals surface area contributed by atoms with Gasteiger partial charge in [0.1, 0.15) is 5.69 Å². The minimum atomic E-state index is -0.213. The molecule has 0 atom stereocenters. The van der Waals surface area contributed by atoms with Crippen molar-refractivity contribution in [3.05, 3.63) is 29.6 Å². The van der Waals surface area contributed by atoms with Crippen molar-refractivity contribution in [2.75, 3.05) is 12.3 Å². The first-order chi connectivity index (χ1) is 8.59. The molecule has 0 fully saturated rings. The number of imidazole rings is 1. The molecule has 2 aromatic rings. The van der Waals surface area contributed by atoms with E-state index in [2.05, 4.69) is 20.4 Å². The smallest absolute Gasteiger partial charge is 0.271 e. The normalized spacial score (nSPS) is 10.6. The predicted octanol–water partition coefficient (Wildman–Crippen LogP) is 0.00632. The molecule has 18 heavy (non-hydrogen) atoms. The molecule has 0 aliphatic rings. The molecule has 0 saturated carbocycles. The Morgan fingerprint density at radius 1 is 1.61 bits per heavy atom. The standard InChI is InChI=1S/C11H16N6O/c1-7-9(12)10(17(2)16-7)11(18)14-4-3-8-5-13-6-15-8/h5-6H,3-4,12H2,1-2H3,(H,13,15)(H,14,18). The molecule has 0 radical (unpaired) electrons. The lowest BCUT2D eigenvalue weighted by Crippen LogP contribution is -2.28. The highest BCUT2D eigenvalue weighted by molar-refractivity contribution is 5.97. The zero-order valence-electron chi connectivity index (χ0n) is 10.4. The number of aromatic nitrogens is 4. The number of hydrogen-bond donors (Lipinski definition) is 3. The average Bonchev–Trinajstić information content (AvgIpc) is 2.89. The number of aryl methyl sites for hydroxylation is 2. The average molecular weight is 248 g/mol. The van der Waals surface area contributed by atoms with Gasteiger partial charge in [-0.2, -0.15) is 5.10 Å². The van der Waals surface area contributed by atoms with Crippen LogP contribution >= 0.6 is 0 Å². The molecule has 0 aliphatic carbocycles. The molecule has 2 heterocycles. The van der Waals surface area contributed by atoms with E-state index in [9.17, 15) is 4.79 Å². The van der Waals surface area contributed by atoms with E-state index in [1.54, 1.807) is 26.5 Å². The molecule has 7 heteroatoms. The number of carbonyl (C=O) groups is 1. The summed E-state index contributed by atoms with van der Waals surface area (Å²) in [6, 6.07) is 0. The molecule has 7 nitrogen and oxygen atoms in total. The quantitative estimate of drug-likeness (QED) is 0.709. The number of carbonyl (C=O) groups excluding carboxylic acids is 1. The van der Waals surface area contributed by atoms with Crippen LogP contribution in [0.3, 0.4) is 0 Å². The van der Waals surface area contributed by atoms with E-state index in [0.717, 1.165) is 5.69 Å². The summed E-state index contributed by atoms with van der Waals surface area (Å²) in [5.74, 6) is -0.213. The number of hydrogen-bond acceptors (Lipinski definition) is 4. The maximum Gasteiger partial charge on any atom is 0.271 e. The second-order valence-corrected chi connectivity index (χ2v) is 4.05. The largest absolute Gasteiger partial charge is 0.395 e. The highest BCUT2D eigenvalue weighted by atomic mass is 16.2. The van der Waals surface area contributed by atoms with Crippen LogP contribution in [0, 0.1) is 6.92 Å². The van der Waals surface area contributed by atoms with Gasteiger partial charge in [-0.05, 0) is 6.92 Å². The van der Waals surface area contributed by atoms with Gasteiger partial charge in [-0.3, -0.25) is 9.48 Å². The van der Waals surface area contributed by atoms with Crippen LogP contribution in [0.15, 0.2) is 12.5 Å². The molecule has 96 valence electrons. The molecular formula is C11H16N6O. The number of amides is 1. The number of nitrogens with two attached hydrogens (primary N) is 1. The van der Waals surface area contributed by atoms with Gasteiger partial charge >= 0.3 is 0 Å². The van der Waals surface area contributed by atoms with Gasteiger partial charge < -0.3 is 16.0 Å². The van der Waals surface area contributed by atoms with Crippen LogP contribution in [-0.4, -0.2) is 32.2 Å². The molecule has 0 aromatic carbocycles. The summed E-state index contributed by atoms with van der Waals surface area (Å²) in [4.78, 5) is 18.8. The Labute approximate surface area is 104 Å². The third-order valence-corrected chi connectivity index (χ3v) is 2.72. The fraction of sp³-hybridized carbons (Fsp3) is 0.364. The molecular weight excluding hydrogens is 232 g/mol. The van der Waals surface area contributed by atoms with Gasteiger partial charge in [0.25, 0.3) is 5.91 Å². The van der Waals surface area contributed by atoms with Crippen molar-refractivity contribution in [1.29, 1.82) is 0 Å². The number of nitrogens with zero attached hydrogens (tertiary/aromatic N) is 3. The first-order valence-corrected chi connectivity index (χ1v) is 5.64. The first kappa shape index (κ1) is 12.2. The van der Waals surface area contributed by atoms with E-state index in [1.165, 1.54) is 4.68 Å². The van der Waals surface area contributed by atoms with E-state index in [-0.39, 0.29) is 5.91 Å². The third-order valence-electron chi connectivity index (χ3n) is 2.72. The van der Waals surface area contributed by atoms with Crippen molar-refractivity contribution in [2.45, 2.75) is 13.3 Å². The number of H-pyrrole nitrogens is 1. The van der Waals surface area contributed by atoms with Crippen molar-refractivity contribution in [1.82, 2.24) is 25.1 Å². The van der Waals surface area contributed by atoms with E-state index in [4.69, 9.17) is 5.73 Å². The maximum absolute atomic E-state index is 12.0. The van der Waals surface area contributed by atoms with E-state index in [0.29, 0.717) is 30.0 Å². The van der Waals surface area contributed by atoms with Crippen LogP contribution in [0.2, 0.25) is 0 Å². The summed E-state index contributed by atoms with van der Waals surface area (Å²) < 4.78 is 1.50. The number of rotatable bonds is 4. The fourth-order valence-electron chi connectivity index (χ4n) is 1.76. The molecule has 2 aromatic heterocycles. The van der Waals surface area contributed by atoms with Gasteiger partial charge in [-0.15, -0.1) is 0 Å². The summed E-state index contributed by atoms with van der Waals surface area (Å²) in [6.07, 6.45) is 4.04. The van der Waals surface area contributed by atoms with Crippen LogP contribution in [0.5, 0.6) is 0 Å².